The molecule has 0 amide bonds. The van der Waals surface area contributed by atoms with Gasteiger partial charge < -0.3 is 9.87 Å². The van der Waals surface area contributed by atoms with Crippen LogP contribution in [-0.4, -0.2) is 28.9 Å². The zero-order valence-electron chi connectivity index (χ0n) is 11.1. The van der Waals surface area contributed by atoms with Gasteiger partial charge in [0.25, 0.3) is 0 Å². The van der Waals surface area contributed by atoms with Crippen LogP contribution in [0.15, 0.2) is 0 Å². The molecular weight excluding hydrogens is 232 g/mol. The molecule has 3 nitrogen and oxygen atoms in total. The molecule has 3 atom stereocenters. The number of nitrogens with one attached hydrogen (secondary N) is 2. The van der Waals surface area contributed by atoms with Crippen molar-refractivity contribution in [2.24, 2.45) is 5.41 Å². The van der Waals surface area contributed by atoms with Gasteiger partial charge in [-0.1, -0.05) is 13.3 Å². The molecule has 2 unspecified atom stereocenters. The predicted octanol–water partition coefficient (Wildman–Crippen LogP) is 1.96. The third kappa shape index (κ3) is 2.98. The summed E-state index contributed by atoms with van der Waals surface area (Å²) in [6.07, 6.45) is 7.33. The standard InChI is InChI=1S/C13H26N2OS/c1-3-11(2)17(16)15-12-5-4-6-13(12)7-9-14-10-8-13/h11-12,14-15H,3-10H2,1-2H3/t11?,12-,17?/m1/s1. The fraction of sp³-hybridized carbons (Fsp3) is 1.00. The summed E-state index contributed by atoms with van der Waals surface area (Å²) < 4.78 is 15.6. The molecule has 4 heteroatoms. The van der Waals surface area contributed by atoms with Crippen LogP contribution in [0.2, 0.25) is 0 Å². The molecule has 0 radical (unpaired) electrons. The van der Waals surface area contributed by atoms with Crippen molar-refractivity contribution < 1.29 is 4.55 Å². The first kappa shape index (κ1) is 13.7. The first-order valence-corrected chi connectivity index (χ1v) is 8.27. The second kappa shape index (κ2) is 5.91. The molecular formula is C13H26N2OS. The summed E-state index contributed by atoms with van der Waals surface area (Å²) >= 11 is -0.853. The van der Waals surface area contributed by atoms with Gasteiger partial charge in [0, 0.05) is 11.4 Å². The average molecular weight is 258 g/mol. The summed E-state index contributed by atoms with van der Waals surface area (Å²) in [4.78, 5) is 0. The van der Waals surface area contributed by atoms with Crippen LogP contribution in [-0.2, 0) is 11.4 Å². The molecule has 2 rings (SSSR count). The minimum Gasteiger partial charge on any atom is -0.598 e. The number of piperidine rings is 1. The Bertz CT molecular complexity index is 244. The summed E-state index contributed by atoms with van der Waals surface area (Å²) in [5.41, 5.74) is 0.439. The highest BCUT2D eigenvalue weighted by molar-refractivity contribution is 7.90. The van der Waals surface area contributed by atoms with E-state index in [4.69, 9.17) is 0 Å². The van der Waals surface area contributed by atoms with Crippen molar-refractivity contribution in [1.82, 2.24) is 10.0 Å². The van der Waals surface area contributed by atoms with E-state index in [9.17, 15) is 4.55 Å². The summed E-state index contributed by atoms with van der Waals surface area (Å²) in [5, 5.41) is 3.71. The van der Waals surface area contributed by atoms with Gasteiger partial charge in [-0.15, -0.1) is 4.72 Å². The Morgan fingerprint density at radius 1 is 1.41 bits per heavy atom. The minimum absolute atomic E-state index is 0.273. The van der Waals surface area contributed by atoms with E-state index in [1.54, 1.807) is 0 Å². The molecule has 1 aliphatic heterocycles. The second-order valence-electron chi connectivity index (χ2n) is 5.69. The molecule has 2 aliphatic rings. The zero-order chi connectivity index (χ0) is 12.3. The second-order valence-corrected chi connectivity index (χ2v) is 7.33. The Hall–Kier alpha value is 0.230. The molecule has 1 saturated heterocycles. The maximum Gasteiger partial charge on any atom is 0.132 e. The van der Waals surface area contributed by atoms with Crippen molar-refractivity contribution in [1.29, 1.82) is 0 Å². The monoisotopic (exact) mass is 258 g/mol. The first-order chi connectivity index (χ1) is 8.18. The van der Waals surface area contributed by atoms with E-state index >= 15 is 0 Å². The van der Waals surface area contributed by atoms with Crippen molar-refractivity contribution in [2.75, 3.05) is 13.1 Å². The van der Waals surface area contributed by atoms with Gasteiger partial charge in [0.1, 0.15) is 5.25 Å². The highest BCUT2D eigenvalue weighted by Crippen LogP contribution is 2.45. The van der Waals surface area contributed by atoms with E-state index in [2.05, 4.69) is 23.9 Å². The number of hydrogen-bond donors (Lipinski definition) is 2. The smallest absolute Gasteiger partial charge is 0.132 e. The van der Waals surface area contributed by atoms with Gasteiger partial charge in [-0.2, -0.15) is 0 Å². The van der Waals surface area contributed by atoms with Crippen molar-refractivity contribution in [2.45, 2.75) is 63.7 Å². The lowest BCUT2D eigenvalue weighted by Crippen LogP contribution is -2.50. The minimum atomic E-state index is -0.853. The van der Waals surface area contributed by atoms with Gasteiger partial charge >= 0.3 is 0 Å². The summed E-state index contributed by atoms with van der Waals surface area (Å²) in [6.45, 7) is 6.45. The molecule has 1 aliphatic carbocycles. The molecule has 0 aromatic carbocycles. The van der Waals surface area contributed by atoms with E-state index < -0.39 is 11.4 Å². The first-order valence-electron chi connectivity index (χ1n) is 7.05. The summed E-state index contributed by atoms with van der Waals surface area (Å²) in [7, 11) is 0. The fourth-order valence-electron chi connectivity index (χ4n) is 3.25. The molecule has 0 bridgehead atoms. The van der Waals surface area contributed by atoms with Crippen LogP contribution < -0.4 is 10.0 Å². The lowest BCUT2D eigenvalue weighted by atomic mass is 9.75. The van der Waals surface area contributed by atoms with Crippen LogP contribution in [0.25, 0.3) is 0 Å². The maximum atomic E-state index is 12.1. The Labute approximate surface area is 108 Å². The highest BCUT2D eigenvalue weighted by atomic mass is 32.2. The third-order valence-electron chi connectivity index (χ3n) is 4.70. The van der Waals surface area contributed by atoms with Crippen LogP contribution in [0.5, 0.6) is 0 Å². The third-order valence-corrected chi connectivity index (χ3v) is 6.29. The van der Waals surface area contributed by atoms with Gasteiger partial charge in [-0.05, 0) is 57.5 Å². The molecule has 1 spiro atoms. The number of hydrogen-bond acceptors (Lipinski definition) is 3. The SMILES string of the molecule is CCC(C)[S+]([O-])N[C@@H]1CCCC12CCNCC2. The van der Waals surface area contributed by atoms with Gasteiger partial charge in [-0.3, -0.25) is 0 Å². The van der Waals surface area contributed by atoms with E-state index in [-0.39, 0.29) is 5.25 Å². The lowest BCUT2D eigenvalue weighted by molar-refractivity contribution is 0.174. The van der Waals surface area contributed by atoms with Gasteiger partial charge in [-0.25, -0.2) is 0 Å². The van der Waals surface area contributed by atoms with Crippen molar-refractivity contribution >= 4 is 11.4 Å². The van der Waals surface area contributed by atoms with E-state index in [0.29, 0.717) is 11.5 Å². The van der Waals surface area contributed by atoms with Crippen molar-refractivity contribution in [3.8, 4) is 0 Å². The van der Waals surface area contributed by atoms with Crippen LogP contribution >= 0.6 is 0 Å². The van der Waals surface area contributed by atoms with Crippen LogP contribution in [0.1, 0.15) is 52.4 Å². The molecule has 100 valence electrons. The van der Waals surface area contributed by atoms with Crippen molar-refractivity contribution in [3.63, 3.8) is 0 Å². The Kier molecular flexibility index (Phi) is 4.75. The largest absolute Gasteiger partial charge is 0.598 e. The Morgan fingerprint density at radius 2 is 2.12 bits per heavy atom. The molecule has 0 aromatic rings. The fourth-order valence-corrected chi connectivity index (χ4v) is 4.44. The Balaban J connectivity index is 1.94. The molecule has 1 saturated carbocycles. The zero-order valence-corrected chi connectivity index (χ0v) is 11.9. The van der Waals surface area contributed by atoms with E-state index in [1.807, 2.05) is 0 Å². The number of rotatable bonds is 4. The topological polar surface area (TPSA) is 47.1 Å². The summed E-state index contributed by atoms with van der Waals surface area (Å²) in [5.74, 6) is 0. The van der Waals surface area contributed by atoms with Crippen LogP contribution in [0.4, 0.5) is 0 Å². The molecule has 2 fully saturated rings. The predicted molar refractivity (Wildman–Crippen MR) is 73.2 cm³/mol. The lowest BCUT2D eigenvalue weighted by Gasteiger charge is -2.39. The molecule has 2 N–H and O–H groups in total. The van der Waals surface area contributed by atoms with Crippen LogP contribution in [0.3, 0.4) is 0 Å². The molecule has 0 aromatic heterocycles. The highest BCUT2D eigenvalue weighted by Gasteiger charge is 2.45. The quantitative estimate of drug-likeness (QED) is 0.758. The average Bonchev–Trinajstić information content (AvgIpc) is 2.72. The molecule has 17 heavy (non-hydrogen) atoms. The summed E-state index contributed by atoms with van der Waals surface area (Å²) in [6, 6.07) is 0.486. The van der Waals surface area contributed by atoms with Crippen LogP contribution in [0, 0.1) is 5.41 Å². The van der Waals surface area contributed by atoms with E-state index in [1.165, 1.54) is 32.1 Å². The maximum absolute atomic E-state index is 12.1. The van der Waals surface area contributed by atoms with Gasteiger partial charge in [0.05, 0.1) is 6.04 Å². The molecule has 1 heterocycles. The normalized spacial score (nSPS) is 31.6. The van der Waals surface area contributed by atoms with E-state index in [0.717, 1.165) is 19.5 Å². The van der Waals surface area contributed by atoms with Gasteiger partial charge in [0.15, 0.2) is 0 Å². The van der Waals surface area contributed by atoms with Crippen molar-refractivity contribution in [3.05, 3.63) is 0 Å². The van der Waals surface area contributed by atoms with Gasteiger partial charge in [0.2, 0.25) is 0 Å². The Morgan fingerprint density at radius 3 is 2.76 bits per heavy atom.